The molecule has 5 rings (SSSR count). The van der Waals surface area contributed by atoms with Crippen molar-refractivity contribution >= 4 is 46.8 Å². The molecule has 0 atom stereocenters. The van der Waals surface area contributed by atoms with Crippen LogP contribution in [0.3, 0.4) is 0 Å². The van der Waals surface area contributed by atoms with E-state index in [-0.39, 0.29) is 0 Å². The number of imidazole rings is 1. The van der Waals surface area contributed by atoms with E-state index in [9.17, 15) is 18.0 Å². The van der Waals surface area contributed by atoms with Crippen LogP contribution in [0.1, 0.15) is 27.3 Å². The normalized spacial score (nSPS) is 11.4. The molecule has 0 unspecified atom stereocenters. The first kappa shape index (κ1) is 30.5. The third kappa shape index (κ3) is 7.93. The maximum Gasteiger partial charge on any atom is 0.597 e. The van der Waals surface area contributed by atoms with Crippen molar-refractivity contribution in [2.24, 2.45) is 0 Å². The number of nitrogens with zero attached hydrogens (tertiary/aromatic N) is 2. The lowest BCUT2D eigenvalue weighted by molar-refractivity contribution is -0.0337. The largest absolute Gasteiger partial charge is 0.597 e. The van der Waals surface area contributed by atoms with Gasteiger partial charge >= 0.3 is 11.5 Å². The summed E-state index contributed by atoms with van der Waals surface area (Å²) in [6.07, 6.45) is 2.45. The summed E-state index contributed by atoms with van der Waals surface area (Å²) in [6, 6.07) is 27.1. The van der Waals surface area contributed by atoms with Gasteiger partial charge < -0.3 is 9.30 Å². The van der Waals surface area contributed by atoms with Crippen LogP contribution < -0.4 is 4.72 Å². The predicted octanol–water partition coefficient (Wildman–Crippen LogP) is 8.61. The van der Waals surface area contributed by atoms with Crippen LogP contribution in [-0.4, -0.2) is 28.1 Å². The highest BCUT2D eigenvalue weighted by atomic mass is 35.5. The first-order valence-electron chi connectivity index (χ1n) is 13.0. The standard InChI is InChI=1S/C32H24Cl2F3N3O2S/c1-42-31(41)23-11-7-21(8-12-23)18-40-19-29(27-14-13-25(33)17-28(27)34)38-30(40)15-20-5-9-22(10-6-20)24-3-2-4-26(16-24)39-43-32(35,36)37/h2-14,16-17,19,39H,15,18H2,1H3/p+1. The van der Waals surface area contributed by atoms with E-state index in [1.165, 1.54) is 7.11 Å². The number of ether oxygens (including phenoxy) is 1. The van der Waals surface area contributed by atoms with Gasteiger partial charge in [-0.2, -0.15) is 0 Å². The number of rotatable bonds is 9. The second-order valence-corrected chi connectivity index (χ2v) is 11.4. The number of hydrogen-bond acceptors (Lipinski definition) is 4. The Morgan fingerprint density at radius 1 is 0.930 bits per heavy atom. The highest BCUT2D eigenvalue weighted by Gasteiger charge is 2.39. The molecule has 0 bridgehead atoms. The molecule has 43 heavy (non-hydrogen) atoms. The zero-order valence-corrected chi connectivity index (χ0v) is 25.1. The Morgan fingerprint density at radius 2 is 1.65 bits per heavy atom. The van der Waals surface area contributed by atoms with Crippen molar-refractivity contribution in [1.82, 2.24) is 9.55 Å². The number of carbonyl (C=O) groups excluding carboxylic acids is 1. The molecular formula is C32H25Cl2F3N3O2S+. The highest BCUT2D eigenvalue weighted by molar-refractivity contribution is 7.80. The minimum Gasteiger partial charge on any atom is -0.465 e. The molecule has 5 aromatic rings. The van der Waals surface area contributed by atoms with Gasteiger partial charge in [-0.3, -0.25) is 0 Å². The summed E-state index contributed by atoms with van der Waals surface area (Å²) in [7, 11) is 1.34. The quantitative estimate of drug-likeness (QED) is 0.0993. The molecule has 0 spiro atoms. The van der Waals surface area contributed by atoms with E-state index in [0.717, 1.165) is 33.6 Å². The third-order valence-corrected chi connectivity index (χ3v) is 7.79. The van der Waals surface area contributed by atoms with Crippen LogP contribution in [0.15, 0.2) is 97.2 Å². The van der Waals surface area contributed by atoms with Gasteiger partial charge in [0.15, 0.2) is 11.9 Å². The molecule has 1 aromatic heterocycles. The van der Waals surface area contributed by atoms with E-state index in [1.807, 2.05) is 59.3 Å². The number of thiol groups is 1. The van der Waals surface area contributed by atoms with Crippen LogP contribution in [0.25, 0.3) is 22.4 Å². The number of methoxy groups -OCH3 is 1. The number of hydrogen-bond donors (Lipinski definition) is 1. The Hall–Kier alpha value is -3.92. The monoisotopic (exact) mass is 642 g/mol. The summed E-state index contributed by atoms with van der Waals surface area (Å²) >= 11 is 11.8. The first-order chi connectivity index (χ1) is 20.6. The average molecular weight is 644 g/mol. The highest BCUT2D eigenvalue weighted by Crippen LogP contribution is 2.31. The number of aromatic nitrogens is 2. The third-order valence-electron chi connectivity index (χ3n) is 6.62. The molecule has 0 saturated carbocycles. The van der Waals surface area contributed by atoms with Gasteiger partial charge in [-0.05, 0) is 64.7 Å². The van der Waals surface area contributed by atoms with Gasteiger partial charge in [-0.15, -0.1) is 13.2 Å². The zero-order chi connectivity index (χ0) is 30.6. The SMILES string of the molecule is COC(=O)c1ccc(Cn2cc(-c3ccc(Cl)cc3Cl)nc2Cc2ccc(-c3cccc(N[SH+]C(F)(F)F)c3)cc2)cc1. The van der Waals surface area contributed by atoms with E-state index in [1.54, 1.807) is 42.5 Å². The van der Waals surface area contributed by atoms with Gasteiger partial charge in [0.05, 0.1) is 29.1 Å². The molecule has 220 valence electrons. The molecule has 1 N–H and O–H groups in total. The summed E-state index contributed by atoms with van der Waals surface area (Å²) in [5.41, 5.74) is 1.60. The summed E-state index contributed by atoms with van der Waals surface area (Å²) in [5, 5.41) is 1.02. The smallest absolute Gasteiger partial charge is 0.465 e. The number of carbonyl (C=O) groups is 1. The molecule has 0 radical (unpaired) electrons. The van der Waals surface area contributed by atoms with Gasteiger partial charge in [0.2, 0.25) is 0 Å². The molecule has 1 heterocycles. The van der Waals surface area contributed by atoms with E-state index in [2.05, 4.69) is 4.72 Å². The summed E-state index contributed by atoms with van der Waals surface area (Å²) < 4.78 is 47.1. The number of anilines is 1. The number of halogens is 5. The molecule has 0 aliphatic rings. The molecule has 11 heteroatoms. The van der Waals surface area contributed by atoms with Gasteiger partial charge in [0.25, 0.3) is 0 Å². The number of benzene rings is 4. The second-order valence-electron chi connectivity index (χ2n) is 9.63. The Balaban J connectivity index is 1.40. The first-order valence-corrected chi connectivity index (χ1v) is 14.7. The summed E-state index contributed by atoms with van der Waals surface area (Å²) in [4.78, 5) is 16.8. The molecule has 0 aliphatic carbocycles. The molecule has 0 saturated heterocycles. The Kier molecular flexibility index (Phi) is 9.34. The van der Waals surface area contributed by atoms with Crippen molar-refractivity contribution in [3.63, 3.8) is 0 Å². The lowest BCUT2D eigenvalue weighted by atomic mass is 10.0. The lowest BCUT2D eigenvalue weighted by Crippen LogP contribution is -2.16. The van der Waals surface area contributed by atoms with Crippen LogP contribution in [-0.2, 0) is 29.7 Å². The molecule has 0 amide bonds. The second kappa shape index (κ2) is 13.2. The van der Waals surface area contributed by atoms with Crippen molar-refractivity contribution in [1.29, 1.82) is 0 Å². The number of alkyl halides is 3. The van der Waals surface area contributed by atoms with Gasteiger partial charge in [-0.1, -0.05) is 71.7 Å². The number of esters is 1. The Labute approximate surface area is 260 Å². The summed E-state index contributed by atoms with van der Waals surface area (Å²) in [5.74, 6) is 0.394. The fraction of sp³-hybridized carbons (Fsp3) is 0.125. The maximum absolute atomic E-state index is 12.6. The van der Waals surface area contributed by atoms with Crippen molar-refractivity contribution in [2.45, 2.75) is 18.5 Å². The van der Waals surface area contributed by atoms with Gasteiger partial charge in [-0.25, -0.2) is 14.5 Å². The van der Waals surface area contributed by atoms with Crippen molar-refractivity contribution < 1.29 is 22.7 Å². The fourth-order valence-electron chi connectivity index (χ4n) is 4.51. The summed E-state index contributed by atoms with van der Waals surface area (Å²) in [6.45, 7) is 0.504. The van der Waals surface area contributed by atoms with Crippen LogP contribution in [0.2, 0.25) is 10.0 Å². The zero-order valence-electron chi connectivity index (χ0n) is 22.7. The lowest BCUT2D eigenvalue weighted by Gasteiger charge is -2.10. The average Bonchev–Trinajstić information content (AvgIpc) is 3.37. The minimum atomic E-state index is -4.32. The number of nitrogens with one attached hydrogen (secondary N) is 1. The van der Waals surface area contributed by atoms with Gasteiger partial charge in [0.1, 0.15) is 5.82 Å². The van der Waals surface area contributed by atoms with E-state index in [4.69, 9.17) is 32.9 Å². The topological polar surface area (TPSA) is 56.2 Å². The molecule has 0 aliphatic heterocycles. The van der Waals surface area contributed by atoms with Crippen LogP contribution >= 0.6 is 23.2 Å². The molecule has 5 nitrogen and oxygen atoms in total. The predicted molar refractivity (Wildman–Crippen MR) is 168 cm³/mol. The van der Waals surface area contributed by atoms with E-state index >= 15 is 0 Å². The Morgan fingerprint density at radius 3 is 2.33 bits per heavy atom. The van der Waals surface area contributed by atoms with Crippen molar-refractivity contribution in [2.75, 3.05) is 11.8 Å². The Bertz CT molecular complexity index is 1740. The fourth-order valence-corrected chi connectivity index (χ4v) is 5.41. The molecule has 0 fully saturated rings. The maximum atomic E-state index is 12.6. The van der Waals surface area contributed by atoms with E-state index < -0.39 is 23.4 Å². The van der Waals surface area contributed by atoms with Crippen molar-refractivity contribution in [3.8, 4) is 22.4 Å². The molecular weight excluding hydrogens is 618 g/mol. The van der Waals surface area contributed by atoms with Crippen LogP contribution in [0.4, 0.5) is 18.9 Å². The van der Waals surface area contributed by atoms with Crippen LogP contribution in [0, 0.1) is 0 Å². The van der Waals surface area contributed by atoms with Gasteiger partial charge in [0, 0.05) is 29.7 Å². The van der Waals surface area contributed by atoms with Crippen LogP contribution in [0.5, 0.6) is 0 Å². The van der Waals surface area contributed by atoms with E-state index in [0.29, 0.717) is 40.0 Å². The minimum absolute atomic E-state index is 0.385. The van der Waals surface area contributed by atoms with Crippen molar-refractivity contribution in [3.05, 3.63) is 130 Å². The molecule has 4 aromatic carbocycles.